The molecule has 27 heavy (non-hydrogen) atoms. The van der Waals surface area contributed by atoms with E-state index in [2.05, 4.69) is 33.4 Å². The third-order valence-corrected chi connectivity index (χ3v) is 5.29. The topological polar surface area (TPSA) is 51.1 Å². The number of halogens is 1. The number of hydrogen-bond donors (Lipinski definition) is 1. The molecule has 0 aliphatic carbocycles. The molecule has 0 spiro atoms. The third kappa shape index (κ3) is 4.37. The minimum absolute atomic E-state index is 0.185. The van der Waals surface area contributed by atoms with Gasteiger partial charge in [0, 0.05) is 28.5 Å². The van der Waals surface area contributed by atoms with Gasteiger partial charge in [0.2, 0.25) is 0 Å². The summed E-state index contributed by atoms with van der Waals surface area (Å²) in [6, 6.07) is 19.0. The van der Waals surface area contributed by atoms with Crippen LogP contribution in [0.15, 0.2) is 69.9 Å². The van der Waals surface area contributed by atoms with E-state index in [4.69, 9.17) is 0 Å². The van der Waals surface area contributed by atoms with Gasteiger partial charge in [-0.05, 0) is 53.9 Å². The molecule has 0 saturated heterocycles. The number of pyridine rings is 1. The average molecular weight is 425 g/mol. The van der Waals surface area contributed by atoms with Crippen molar-refractivity contribution in [1.29, 1.82) is 0 Å². The molecule has 0 saturated carbocycles. The van der Waals surface area contributed by atoms with Crippen molar-refractivity contribution in [2.45, 2.75) is 26.8 Å². The van der Waals surface area contributed by atoms with Crippen molar-refractivity contribution in [1.82, 2.24) is 4.57 Å². The molecule has 0 radical (unpaired) electrons. The maximum Gasteiger partial charge on any atom is 0.261 e. The predicted octanol–water partition coefficient (Wildman–Crippen LogP) is 4.72. The van der Waals surface area contributed by atoms with Crippen molar-refractivity contribution >= 4 is 27.5 Å². The van der Waals surface area contributed by atoms with Crippen LogP contribution in [-0.2, 0) is 13.0 Å². The van der Waals surface area contributed by atoms with Gasteiger partial charge in [-0.1, -0.05) is 42.5 Å². The monoisotopic (exact) mass is 424 g/mol. The van der Waals surface area contributed by atoms with Crippen molar-refractivity contribution in [3.63, 3.8) is 0 Å². The van der Waals surface area contributed by atoms with Crippen LogP contribution in [-0.4, -0.2) is 10.5 Å². The lowest BCUT2D eigenvalue weighted by molar-refractivity contribution is 0.102. The Labute approximate surface area is 167 Å². The number of aryl methyl sites for hydroxylation is 2. The number of nitrogens with zero attached hydrogens (tertiary/aromatic N) is 1. The molecule has 4 nitrogen and oxygen atoms in total. The van der Waals surface area contributed by atoms with Gasteiger partial charge in [-0.15, -0.1) is 0 Å². The predicted molar refractivity (Wildman–Crippen MR) is 112 cm³/mol. The van der Waals surface area contributed by atoms with Gasteiger partial charge in [0.25, 0.3) is 5.91 Å². The van der Waals surface area contributed by atoms with Gasteiger partial charge < -0.3 is 9.88 Å². The van der Waals surface area contributed by atoms with Crippen molar-refractivity contribution < 1.29 is 4.79 Å². The molecule has 1 aromatic heterocycles. The van der Waals surface area contributed by atoms with E-state index in [1.807, 2.05) is 54.8 Å². The Balaban J connectivity index is 1.90. The van der Waals surface area contributed by atoms with Gasteiger partial charge in [0.1, 0.15) is 5.56 Å². The van der Waals surface area contributed by atoms with Crippen LogP contribution in [0.2, 0.25) is 0 Å². The minimum Gasteiger partial charge on any atom is -0.348 e. The number of para-hydroxylation sites is 1. The van der Waals surface area contributed by atoms with Gasteiger partial charge in [0.05, 0.1) is 5.69 Å². The van der Waals surface area contributed by atoms with Crippen molar-refractivity contribution in [2.75, 3.05) is 5.32 Å². The van der Waals surface area contributed by atoms with Gasteiger partial charge >= 0.3 is 0 Å². The lowest BCUT2D eigenvalue weighted by Gasteiger charge is -2.18. The van der Waals surface area contributed by atoms with E-state index >= 15 is 0 Å². The van der Waals surface area contributed by atoms with E-state index in [1.165, 1.54) is 11.6 Å². The Morgan fingerprint density at radius 2 is 1.70 bits per heavy atom. The maximum atomic E-state index is 12.8. The Bertz CT molecular complexity index is 1030. The van der Waals surface area contributed by atoms with Crippen LogP contribution < -0.4 is 10.7 Å². The maximum absolute atomic E-state index is 12.8. The van der Waals surface area contributed by atoms with Crippen molar-refractivity contribution in [3.8, 4) is 0 Å². The summed E-state index contributed by atoms with van der Waals surface area (Å²) in [5.41, 5.74) is 3.31. The molecule has 0 aliphatic rings. The summed E-state index contributed by atoms with van der Waals surface area (Å²) in [4.78, 5) is 25.3. The molecule has 138 valence electrons. The highest BCUT2D eigenvalue weighted by Gasteiger charge is 2.18. The van der Waals surface area contributed by atoms with E-state index in [0.717, 1.165) is 16.6 Å². The molecular weight excluding hydrogens is 404 g/mol. The normalized spacial score (nSPS) is 10.6. The first-order valence-electron chi connectivity index (χ1n) is 8.78. The third-order valence-electron chi connectivity index (χ3n) is 4.59. The molecule has 3 aromatic rings. The number of amides is 1. The first kappa shape index (κ1) is 19.1. The average Bonchev–Trinajstić information content (AvgIpc) is 2.64. The van der Waals surface area contributed by atoms with Gasteiger partial charge in [-0.3, -0.25) is 9.59 Å². The largest absolute Gasteiger partial charge is 0.348 e. The summed E-state index contributed by atoms with van der Waals surface area (Å²) in [5.74, 6) is -0.391. The molecule has 0 fully saturated rings. The Hall–Kier alpha value is -2.66. The Morgan fingerprint density at radius 3 is 2.41 bits per heavy atom. The molecule has 1 N–H and O–H groups in total. The quantitative estimate of drug-likeness (QED) is 0.643. The van der Waals surface area contributed by atoms with Gasteiger partial charge in [-0.2, -0.15) is 0 Å². The molecule has 0 atom stereocenters. The van der Waals surface area contributed by atoms with E-state index in [-0.39, 0.29) is 11.0 Å². The molecule has 2 aromatic carbocycles. The summed E-state index contributed by atoms with van der Waals surface area (Å²) in [6.45, 7) is 4.43. The molecular formula is C22H21BrN2O2. The second-order valence-corrected chi connectivity index (χ2v) is 7.29. The molecule has 0 aliphatic heterocycles. The zero-order valence-electron chi connectivity index (χ0n) is 15.3. The zero-order chi connectivity index (χ0) is 19.4. The lowest BCUT2D eigenvalue weighted by atomic mass is 10.1. The smallest absolute Gasteiger partial charge is 0.261 e. The summed E-state index contributed by atoms with van der Waals surface area (Å²) in [6.07, 6.45) is 0.830. The standard InChI is InChI=1S/C22H21BrN2O2/c1-15-14-20(26)21(22(27)24-19-11-7-6-10-18(19)23)16(2)25(15)13-12-17-8-4-3-5-9-17/h3-11,14H,12-13H2,1-2H3,(H,24,27). The Morgan fingerprint density at radius 1 is 1.04 bits per heavy atom. The van der Waals surface area contributed by atoms with E-state index in [1.54, 1.807) is 6.07 Å². The van der Waals surface area contributed by atoms with Crippen LogP contribution in [0.1, 0.15) is 27.3 Å². The molecule has 0 unspecified atom stereocenters. The summed E-state index contributed by atoms with van der Waals surface area (Å²) >= 11 is 3.41. The summed E-state index contributed by atoms with van der Waals surface area (Å²) in [5, 5.41) is 2.83. The molecule has 1 heterocycles. The van der Waals surface area contributed by atoms with Gasteiger partial charge in [-0.25, -0.2) is 0 Å². The number of carbonyl (C=O) groups is 1. The first-order valence-corrected chi connectivity index (χ1v) is 9.57. The van der Waals surface area contributed by atoms with Crippen LogP contribution in [0.25, 0.3) is 0 Å². The first-order chi connectivity index (χ1) is 13.0. The van der Waals surface area contributed by atoms with E-state index in [9.17, 15) is 9.59 Å². The minimum atomic E-state index is -0.391. The number of nitrogens with one attached hydrogen (secondary N) is 1. The van der Waals surface area contributed by atoms with Crippen LogP contribution in [0.4, 0.5) is 5.69 Å². The van der Waals surface area contributed by atoms with Crippen LogP contribution in [0.3, 0.4) is 0 Å². The molecule has 5 heteroatoms. The fourth-order valence-electron chi connectivity index (χ4n) is 3.17. The highest BCUT2D eigenvalue weighted by molar-refractivity contribution is 9.10. The number of aromatic nitrogens is 1. The Kier molecular flexibility index (Phi) is 5.91. The SMILES string of the molecule is Cc1cc(=O)c(C(=O)Nc2ccccc2Br)c(C)n1CCc1ccccc1. The van der Waals surface area contributed by atoms with Crippen molar-refractivity contribution in [3.05, 3.63) is 97.9 Å². The highest BCUT2D eigenvalue weighted by Crippen LogP contribution is 2.22. The summed E-state index contributed by atoms with van der Waals surface area (Å²) < 4.78 is 2.80. The molecule has 3 rings (SSSR count). The van der Waals surface area contributed by atoms with Crippen LogP contribution in [0, 0.1) is 13.8 Å². The number of anilines is 1. The lowest BCUT2D eigenvalue weighted by Crippen LogP contribution is -2.27. The highest BCUT2D eigenvalue weighted by atomic mass is 79.9. The van der Waals surface area contributed by atoms with Gasteiger partial charge in [0.15, 0.2) is 5.43 Å². The number of hydrogen-bond acceptors (Lipinski definition) is 2. The molecule has 1 amide bonds. The van der Waals surface area contributed by atoms with Crippen LogP contribution >= 0.6 is 15.9 Å². The fraction of sp³-hybridized carbons (Fsp3) is 0.182. The zero-order valence-corrected chi connectivity index (χ0v) is 16.9. The number of benzene rings is 2. The second-order valence-electron chi connectivity index (χ2n) is 6.43. The van der Waals surface area contributed by atoms with Crippen molar-refractivity contribution in [2.24, 2.45) is 0 Å². The number of carbonyl (C=O) groups excluding carboxylic acids is 1. The van der Waals surface area contributed by atoms with E-state index < -0.39 is 5.91 Å². The van der Waals surface area contributed by atoms with E-state index in [0.29, 0.717) is 17.9 Å². The van der Waals surface area contributed by atoms with Crippen LogP contribution in [0.5, 0.6) is 0 Å². The molecule has 0 bridgehead atoms. The fourth-order valence-corrected chi connectivity index (χ4v) is 3.55. The second kappa shape index (κ2) is 8.35. The summed E-state index contributed by atoms with van der Waals surface area (Å²) in [7, 11) is 0. The number of rotatable bonds is 5.